The Balaban J connectivity index is 2.41. The third-order valence-corrected chi connectivity index (χ3v) is 3.22. The van der Waals surface area contributed by atoms with Crippen molar-refractivity contribution in [2.75, 3.05) is 13.1 Å². The third kappa shape index (κ3) is 3.45. The molecule has 1 aliphatic rings. The molecule has 1 rings (SSSR count). The molecule has 0 aliphatic carbocycles. The molecule has 1 fully saturated rings. The second kappa shape index (κ2) is 6.23. The molecule has 0 saturated carbocycles. The molecule has 1 saturated heterocycles. The van der Waals surface area contributed by atoms with Gasteiger partial charge in [-0.15, -0.1) is 0 Å². The molecule has 0 amide bonds. The normalized spacial score (nSPS) is 23.0. The number of rotatable bonds is 2. The van der Waals surface area contributed by atoms with Crippen LogP contribution in [0.3, 0.4) is 0 Å². The van der Waals surface area contributed by atoms with Crippen LogP contribution in [0.4, 0.5) is 0 Å². The summed E-state index contributed by atoms with van der Waals surface area (Å²) in [7, 11) is 0. The predicted octanol–water partition coefficient (Wildman–Crippen LogP) is 2.54. The van der Waals surface area contributed by atoms with Crippen LogP contribution in [0.2, 0.25) is 0 Å². The first-order valence-electron chi connectivity index (χ1n) is 5.80. The Hall–Kier alpha value is -0.310. The Bertz CT molecular complexity index is 182. The SMILES string of the molecule is CCCNC(=S)N1CCCCCC1C. The van der Waals surface area contributed by atoms with E-state index in [-0.39, 0.29) is 0 Å². The lowest BCUT2D eigenvalue weighted by Crippen LogP contribution is -2.44. The molecule has 0 aromatic carbocycles. The molecule has 1 aliphatic heterocycles. The fourth-order valence-corrected chi connectivity index (χ4v) is 2.28. The maximum Gasteiger partial charge on any atom is 0.169 e. The van der Waals surface area contributed by atoms with Crippen molar-refractivity contribution in [3.8, 4) is 0 Å². The van der Waals surface area contributed by atoms with Crippen molar-refractivity contribution < 1.29 is 0 Å². The topological polar surface area (TPSA) is 15.3 Å². The van der Waals surface area contributed by atoms with Crippen LogP contribution in [0.5, 0.6) is 0 Å². The summed E-state index contributed by atoms with van der Waals surface area (Å²) in [6.45, 7) is 6.59. The highest BCUT2D eigenvalue weighted by Gasteiger charge is 2.18. The minimum absolute atomic E-state index is 0.620. The van der Waals surface area contributed by atoms with Gasteiger partial charge in [0, 0.05) is 19.1 Å². The highest BCUT2D eigenvalue weighted by molar-refractivity contribution is 7.80. The lowest BCUT2D eigenvalue weighted by atomic mass is 10.1. The van der Waals surface area contributed by atoms with Crippen molar-refractivity contribution in [1.82, 2.24) is 10.2 Å². The average Bonchev–Trinajstić information content (AvgIpc) is 2.39. The van der Waals surface area contributed by atoms with Crippen molar-refractivity contribution in [2.45, 2.75) is 52.0 Å². The molecule has 1 N–H and O–H groups in total. The van der Waals surface area contributed by atoms with Crippen LogP contribution in [0, 0.1) is 0 Å². The number of hydrogen-bond acceptors (Lipinski definition) is 1. The largest absolute Gasteiger partial charge is 0.363 e. The Kier molecular flexibility index (Phi) is 5.23. The summed E-state index contributed by atoms with van der Waals surface area (Å²) in [6, 6.07) is 0.620. The molecule has 2 nitrogen and oxygen atoms in total. The zero-order valence-electron chi connectivity index (χ0n) is 9.38. The summed E-state index contributed by atoms with van der Waals surface area (Å²) < 4.78 is 0. The second-order valence-electron chi connectivity index (χ2n) is 4.12. The smallest absolute Gasteiger partial charge is 0.169 e. The number of thiocarbonyl (C=S) groups is 1. The zero-order valence-corrected chi connectivity index (χ0v) is 10.2. The Morgan fingerprint density at radius 1 is 1.43 bits per heavy atom. The van der Waals surface area contributed by atoms with E-state index in [2.05, 4.69) is 24.1 Å². The molecule has 0 aromatic rings. The van der Waals surface area contributed by atoms with Gasteiger partial charge in [0.15, 0.2) is 5.11 Å². The van der Waals surface area contributed by atoms with E-state index in [1.54, 1.807) is 0 Å². The highest BCUT2D eigenvalue weighted by Crippen LogP contribution is 2.16. The van der Waals surface area contributed by atoms with Gasteiger partial charge < -0.3 is 10.2 Å². The van der Waals surface area contributed by atoms with E-state index in [0.29, 0.717) is 6.04 Å². The molecule has 0 spiro atoms. The summed E-state index contributed by atoms with van der Waals surface area (Å²) in [6.07, 6.45) is 6.43. The van der Waals surface area contributed by atoms with E-state index in [9.17, 15) is 0 Å². The molecule has 1 atom stereocenters. The first-order chi connectivity index (χ1) is 6.75. The fourth-order valence-electron chi connectivity index (χ4n) is 1.91. The average molecular weight is 214 g/mol. The van der Waals surface area contributed by atoms with Gasteiger partial charge in [-0.25, -0.2) is 0 Å². The van der Waals surface area contributed by atoms with Crippen LogP contribution in [-0.2, 0) is 0 Å². The lowest BCUT2D eigenvalue weighted by Gasteiger charge is -2.29. The Morgan fingerprint density at radius 3 is 2.93 bits per heavy atom. The van der Waals surface area contributed by atoms with E-state index in [0.717, 1.165) is 24.6 Å². The van der Waals surface area contributed by atoms with E-state index >= 15 is 0 Å². The van der Waals surface area contributed by atoms with E-state index in [1.165, 1.54) is 25.7 Å². The van der Waals surface area contributed by atoms with E-state index in [4.69, 9.17) is 12.2 Å². The summed E-state index contributed by atoms with van der Waals surface area (Å²) in [4.78, 5) is 2.36. The number of hydrogen-bond donors (Lipinski definition) is 1. The minimum Gasteiger partial charge on any atom is -0.363 e. The molecule has 3 heteroatoms. The standard InChI is InChI=1S/C11H22N2S/c1-3-8-12-11(14)13-9-6-4-5-7-10(13)2/h10H,3-9H2,1-2H3,(H,12,14). The number of nitrogens with zero attached hydrogens (tertiary/aromatic N) is 1. The molecule has 1 heterocycles. The van der Waals surface area contributed by atoms with Crippen molar-refractivity contribution in [2.24, 2.45) is 0 Å². The van der Waals surface area contributed by atoms with Crippen molar-refractivity contribution in [3.05, 3.63) is 0 Å². The van der Waals surface area contributed by atoms with Gasteiger partial charge in [0.2, 0.25) is 0 Å². The van der Waals surface area contributed by atoms with E-state index < -0.39 is 0 Å². The third-order valence-electron chi connectivity index (χ3n) is 2.84. The second-order valence-corrected chi connectivity index (χ2v) is 4.51. The molecule has 0 radical (unpaired) electrons. The van der Waals surface area contributed by atoms with E-state index in [1.807, 2.05) is 0 Å². The quantitative estimate of drug-likeness (QED) is 0.711. The molecular weight excluding hydrogens is 192 g/mol. The maximum atomic E-state index is 5.39. The van der Waals surface area contributed by atoms with Gasteiger partial charge in [-0.2, -0.15) is 0 Å². The first-order valence-corrected chi connectivity index (χ1v) is 6.21. The zero-order chi connectivity index (χ0) is 10.4. The minimum atomic E-state index is 0.620. The van der Waals surface area contributed by atoms with Crippen molar-refractivity contribution in [3.63, 3.8) is 0 Å². The monoisotopic (exact) mass is 214 g/mol. The molecule has 0 aromatic heterocycles. The highest BCUT2D eigenvalue weighted by atomic mass is 32.1. The summed E-state index contributed by atoms with van der Waals surface area (Å²) >= 11 is 5.39. The fraction of sp³-hybridized carbons (Fsp3) is 0.909. The lowest BCUT2D eigenvalue weighted by molar-refractivity contribution is 0.331. The van der Waals surface area contributed by atoms with Gasteiger partial charge in [-0.1, -0.05) is 19.8 Å². The van der Waals surface area contributed by atoms with Gasteiger partial charge in [-0.05, 0) is 38.4 Å². The number of likely N-dealkylation sites (tertiary alicyclic amines) is 1. The summed E-state index contributed by atoms with van der Waals surface area (Å²) in [5, 5.41) is 4.28. The van der Waals surface area contributed by atoms with Gasteiger partial charge in [0.25, 0.3) is 0 Å². The predicted molar refractivity (Wildman–Crippen MR) is 65.5 cm³/mol. The van der Waals surface area contributed by atoms with Gasteiger partial charge in [0.1, 0.15) is 0 Å². The van der Waals surface area contributed by atoms with Crippen LogP contribution in [-0.4, -0.2) is 29.1 Å². The van der Waals surface area contributed by atoms with Crippen LogP contribution in [0.25, 0.3) is 0 Å². The molecular formula is C11H22N2S. The van der Waals surface area contributed by atoms with Crippen LogP contribution >= 0.6 is 12.2 Å². The van der Waals surface area contributed by atoms with Gasteiger partial charge >= 0.3 is 0 Å². The molecule has 14 heavy (non-hydrogen) atoms. The van der Waals surface area contributed by atoms with Crippen LogP contribution in [0.15, 0.2) is 0 Å². The number of nitrogens with one attached hydrogen (secondary N) is 1. The molecule has 1 unspecified atom stereocenters. The first kappa shape index (κ1) is 11.8. The maximum absolute atomic E-state index is 5.39. The van der Waals surface area contributed by atoms with Crippen LogP contribution in [0.1, 0.15) is 46.0 Å². The van der Waals surface area contributed by atoms with Crippen molar-refractivity contribution >= 4 is 17.3 Å². The van der Waals surface area contributed by atoms with Gasteiger partial charge in [0.05, 0.1) is 0 Å². The molecule has 0 bridgehead atoms. The Morgan fingerprint density at radius 2 is 2.21 bits per heavy atom. The van der Waals surface area contributed by atoms with Gasteiger partial charge in [-0.3, -0.25) is 0 Å². The Labute approximate surface area is 93.1 Å². The molecule has 82 valence electrons. The van der Waals surface area contributed by atoms with Crippen molar-refractivity contribution in [1.29, 1.82) is 0 Å². The van der Waals surface area contributed by atoms with Crippen LogP contribution < -0.4 is 5.32 Å². The summed E-state index contributed by atoms with van der Waals surface area (Å²) in [5.41, 5.74) is 0. The summed E-state index contributed by atoms with van der Waals surface area (Å²) in [5.74, 6) is 0.